The van der Waals surface area contributed by atoms with E-state index in [1.54, 1.807) is 13.2 Å². The molecule has 0 bridgehead atoms. The number of hydrogen-bond donors (Lipinski definition) is 0. The van der Waals surface area contributed by atoms with Crippen LogP contribution in [-0.4, -0.2) is 30.9 Å². The fourth-order valence-electron chi connectivity index (χ4n) is 2.23. The van der Waals surface area contributed by atoms with E-state index in [0.717, 1.165) is 30.8 Å². The highest BCUT2D eigenvalue weighted by Gasteiger charge is 2.09. The van der Waals surface area contributed by atoms with Crippen molar-refractivity contribution in [1.82, 2.24) is 4.90 Å². The summed E-state index contributed by atoms with van der Waals surface area (Å²) in [6, 6.07) is 8.44. The second-order valence-corrected chi connectivity index (χ2v) is 4.64. The zero-order valence-electron chi connectivity index (χ0n) is 11.5. The highest BCUT2D eigenvalue weighted by atomic mass is 16.5. The lowest BCUT2D eigenvalue weighted by Gasteiger charge is -2.07. The van der Waals surface area contributed by atoms with E-state index in [0.29, 0.717) is 5.56 Å². The van der Waals surface area contributed by atoms with Crippen LogP contribution in [0.5, 0.6) is 5.75 Å². The fraction of sp³-hybridized carbons (Fsp3) is 0.438. The number of carbonyl (C=O) groups excluding carboxylic acids is 1. The minimum Gasteiger partial charge on any atom is -0.496 e. The molecule has 3 heteroatoms. The lowest BCUT2D eigenvalue weighted by atomic mass is 10.0. The number of hydrogen-bond acceptors (Lipinski definition) is 3. The first-order valence-corrected chi connectivity index (χ1v) is 6.72. The molecule has 1 aromatic rings. The Morgan fingerprint density at radius 2 is 2.11 bits per heavy atom. The molecule has 3 nitrogen and oxygen atoms in total. The molecule has 0 aromatic heterocycles. The zero-order chi connectivity index (χ0) is 13.7. The van der Waals surface area contributed by atoms with Gasteiger partial charge < -0.3 is 9.64 Å². The Morgan fingerprint density at radius 3 is 2.74 bits per heavy atom. The average Bonchev–Trinajstić information content (AvgIpc) is 2.97. The van der Waals surface area contributed by atoms with Crippen molar-refractivity contribution in [2.24, 2.45) is 0 Å². The average molecular weight is 257 g/mol. The van der Waals surface area contributed by atoms with Crippen molar-refractivity contribution >= 4 is 5.78 Å². The van der Waals surface area contributed by atoms with Crippen LogP contribution in [0.4, 0.5) is 0 Å². The minimum atomic E-state index is -0.121. The lowest BCUT2D eigenvalue weighted by molar-refractivity contribution is 0.105. The summed E-state index contributed by atoms with van der Waals surface area (Å²) in [5.74, 6) is 3.43. The number of benzene rings is 1. The van der Waals surface area contributed by atoms with Crippen molar-refractivity contribution < 1.29 is 9.53 Å². The molecule has 0 saturated carbocycles. The molecular formula is C16H19NO2. The molecule has 0 radical (unpaired) electrons. The standard InChI is InChI=1S/C16H19NO2/c1-3-13-12-14(6-7-16(13)19-2)15(18)8-11-17-9-4-5-10-17/h6-7,12H,3-5,9-10H2,1-2H3. The number of likely N-dealkylation sites (tertiary alicyclic amines) is 1. The topological polar surface area (TPSA) is 29.5 Å². The van der Waals surface area contributed by atoms with Crippen LogP contribution in [0.2, 0.25) is 0 Å². The Kier molecular flexibility index (Phi) is 4.46. The third kappa shape index (κ3) is 3.29. The molecule has 1 fully saturated rings. The van der Waals surface area contributed by atoms with Gasteiger partial charge in [-0.2, -0.15) is 0 Å². The predicted molar refractivity (Wildman–Crippen MR) is 75.3 cm³/mol. The minimum absolute atomic E-state index is 0.121. The van der Waals surface area contributed by atoms with Crippen molar-refractivity contribution in [2.45, 2.75) is 26.2 Å². The summed E-state index contributed by atoms with van der Waals surface area (Å²) in [5.41, 5.74) is 1.68. The van der Waals surface area contributed by atoms with E-state index in [-0.39, 0.29) is 5.78 Å². The molecule has 0 aliphatic carbocycles. The molecule has 0 unspecified atom stereocenters. The Hall–Kier alpha value is -1.95. The highest BCUT2D eigenvalue weighted by molar-refractivity contribution is 6.09. The molecule has 2 rings (SSSR count). The molecule has 100 valence electrons. The first-order valence-electron chi connectivity index (χ1n) is 6.72. The van der Waals surface area contributed by atoms with Gasteiger partial charge in [-0.15, -0.1) is 0 Å². The van der Waals surface area contributed by atoms with E-state index < -0.39 is 0 Å². The second kappa shape index (κ2) is 6.29. The van der Waals surface area contributed by atoms with Gasteiger partial charge in [-0.25, -0.2) is 0 Å². The van der Waals surface area contributed by atoms with Gasteiger partial charge in [-0.3, -0.25) is 4.79 Å². The summed E-state index contributed by atoms with van der Waals surface area (Å²) in [4.78, 5) is 14.0. The highest BCUT2D eigenvalue weighted by Crippen LogP contribution is 2.20. The maximum Gasteiger partial charge on any atom is 0.237 e. The van der Waals surface area contributed by atoms with Crippen molar-refractivity contribution in [2.75, 3.05) is 20.2 Å². The Morgan fingerprint density at radius 1 is 1.37 bits per heavy atom. The second-order valence-electron chi connectivity index (χ2n) is 4.64. The number of carbonyl (C=O) groups is 1. The van der Waals surface area contributed by atoms with Crippen LogP contribution in [0.1, 0.15) is 35.7 Å². The monoisotopic (exact) mass is 257 g/mol. The summed E-state index contributed by atoms with van der Waals surface area (Å²) in [5, 5.41) is 0. The van der Waals surface area contributed by atoms with Gasteiger partial charge in [-0.05, 0) is 48.9 Å². The van der Waals surface area contributed by atoms with Crippen molar-refractivity contribution in [3.8, 4) is 17.7 Å². The van der Waals surface area contributed by atoms with E-state index in [9.17, 15) is 4.79 Å². The number of ether oxygens (including phenoxy) is 1. The molecular weight excluding hydrogens is 238 g/mol. The molecule has 1 aromatic carbocycles. The van der Waals surface area contributed by atoms with E-state index >= 15 is 0 Å². The van der Waals surface area contributed by atoms with Crippen LogP contribution in [0.3, 0.4) is 0 Å². The number of ketones is 1. The van der Waals surface area contributed by atoms with E-state index in [1.807, 2.05) is 24.0 Å². The molecule has 19 heavy (non-hydrogen) atoms. The summed E-state index contributed by atoms with van der Waals surface area (Å²) in [6.45, 7) is 3.99. The SMILES string of the molecule is CCc1cc(C(=O)C#CN2CCCC2)ccc1OC. The summed E-state index contributed by atoms with van der Waals surface area (Å²) >= 11 is 0. The quantitative estimate of drug-likeness (QED) is 0.615. The van der Waals surface area contributed by atoms with E-state index in [1.165, 1.54) is 12.8 Å². The number of methoxy groups -OCH3 is 1. The number of nitrogens with zero attached hydrogens (tertiary/aromatic N) is 1. The van der Waals surface area contributed by atoms with Gasteiger partial charge in [0.2, 0.25) is 5.78 Å². The maximum atomic E-state index is 12.0. The van der Waals surface area contributed by atoms with Gasteiger partial charge in [-0.1, -0.05) is 6.92 Å². The van der Waals surface area contributed by atoms with E-state index in [2.05, 4.69) is 12.0 Å². The van der Waals surface area contributed by atoms with Gasteiger partial charge >= 0.3 is 0 Å². The Bertz CT molecular complexity index is 519. The van der Waals surface area contributed by atoms with Crippen molar-refractivity contribution in [1.29, 1.82) is 0 Å². The van der Waals surface area contributed by atoms with Crippen LogP contribution in [0.15, 0.2) is 18.2 Å². The van der Waals surface area contributed by atoms with Crippen molar-refractivity contribution in [3.05, 3.63) is 29.3 Å². The van der Waals surface area contributed by atoms with Gasteiger partial charge in [0.05, 0.1) is 7.11 Å². The molecule has 0 spiro atoms. The zero-order valence-corrected chi connectivity index (χ0v) is 11.5. The largest absolute Gasteiger partial charge is 0.496 e. The maximum absolute atomic E-state index is 12.0. The lowest BCUT2D eigenvalue weighted by Crippen LogP contribution is -2.12. The van der Waals surface area contributed by atoms with Crippen molar-refractivity contribution in [3.63, 3.8) is 0 Å². The Labute approximate surface area is 114 Å². The summed E-state index contributed by atoms with van der Waals surface area (Å²) < 4.78 is 5.26. The smallest absolute Gasteiger partial charge is 0.237 e. The first-order chi connectivity index (χ1) is 9.24. The normalized spacial score (nSPS) is 13.9. The number of rotatable bonds is 3. The first kappa shape index (κ1) is 13.5. The van der Waals surface area contributed by atoms with Gasteiger partial charge in [0.1, 0.15) is 5.75 Å². The molecule has 0 amide bonds. The molecule has 1 heterocycles. The number of aryl methyl sites for hydroxylation is 1. The summed E-state index contributed by atoms with van der Waals surface area (Å²) in [7, 11) is 1.64. The van der Waals surface area contributed by atoms with Gasteiger partial charge in [0.15, 0.2) is 0 Å². The van der Waals surface area contributed by atoms with Gasteiger partial charge in [0, 0.05) is 24.7 Å². The third-order valence-corrected chi connectivity index (χ3v) is 3.36. The molecule has 0 N–H and O–H groups in total. The van der Waals surface area contributed by atoms with Crippen LogP contribution < -0.4 is 4.74 Å². The van der Waals surface area contributed by atoms with Crippen LogP contribution in [0, 0.1) is 12.0 Å². The summed E-state index contributed by atoms with van der Waals surface area (Å²) in [6.07, 6.45) is 3.18. The van der Waals surface area contributed by atoms with Crippen LogP contribution in [-0.2, 0) is 6.42 Å². The Balaban J connectivity index is 2.14. The van der Waals surface area contributed by atoms with Gasteiger partial charge in [0.25, 0.3) is 0 Å². The predicted octanol–water partition coefficient (Wildman–Crippen LogP) is 2.50. The fourth-order valence-corrected chi connectivity index (χ4v) is 2.23. The van der Waals surface area contributed by atoms with E-state index in [4.69, 9.17) is 4.74 Å². The number of Topliss-reactive ketones (excluding diaryl/α,β-unsaturated/α-hetero) is 1. The molecule has 0 atom stereocenters. The molecule has 1 aliphatic heterocycles. The molecule has 1 saturated heterocycles. The third-order valence-electron chi connectivity index (χ3n) is 3.36. The van der Waals surface area contributed by atoms with Crippen LogP contribution >= 0.6 is 0 Å². The van der Waals surface area contributed by atoms with Crippen LogP contribution in [0.25, 0.3) is 0 Å². The molecule has 1 aliphatic rings.